The highest BCUT2D eigenvalue weighted by Gasteiger charge is 2.34. The van der Waals surface area contributed by atoms with Gasteiger partial charge >= 0.3 is 0 Å². The Hall–Kier alpha value is -2.47. The average molecular weight is 361 g/mol. The molecule has 1 saturated heterocycles. The van der Waals surface area contributed by atoms with Crippen LogP contribution in [0.5, 0.6) is 0 Å². The molecule has 3 rings (SSSR count). The summed E-state index contributed by atoms with van der Waals surface area (Å²) in [5, 5.41) is 1.19. The maximum absolute atomic E-state index is 13.2. The summed E-state index contributed by atoms with van der Waals surface area (Å²) in [6.45, 7) is 0. The second-order valence-corrected chi connectivity index (χ2v) is 5.50. The van der Waals surface area contributed by atoms with Crippen LogP contribution in [0, 0.1) is 5.82 Å². The van der Waals surface area contributed by atoms with Gasteiger partial charge in [-0.05, 0) is 51.8 Å². The molecule has 6 heteroatoms. The van der Waals surface area contributed by atoms with Crippen LogP contribution in [-0.4, -0.2) is 11.8 Å². The first-order valence-corrected chi connectivity index (χ1v) is 7.23. The third kappa shape index (κ3) is 2.65. The maximum Gasteiger partial charge on any atom is 0.282 e. The zero-order valence-corrected chi connectivity index (χ0v) is 12.8. The van der Waals surface area contributed by atoms with Crippen LogP contribution < -0.4 is 10.4 Å². The lowest BCUT2D eigenvalue weighted by Crippen LogP contribution is -2.35. The molecule has 1 N–H and O–H groups in total. The van der Waals surface area contributed by atoms with Gasteiger partial charge in [0, 0.05) is 0 Å². The van der Waals surface area contributed by atoms with Crippen molar-refractivity contribution in [2.45, 2.75) is 0 Å². The smallest absolute Gasteiger partial charge is 0.267 e. The quantitative estimate of drug-likeness (QED) is 0.660. The number of hydrogen-bond acceptors (Lipinski definition) is 2. The molecule has 22 heavy (non-hydrogen) atoms. The SMILES string of the molecule is O=C1NN(c2ccccc2)C(=O)C1=Cc1ccc(F)c(Br)c1. The molecule has 0 unspecified atom stereocenters. The molecule has 2 aromatic carbocycles. The summed E-state index contributed by atoms with van der Waals surface area (Å²) in [7, 11) is 0. The van der Waals surface area contributed by atoms with Crippen molar-refractivity contribution in [3.63, 3.8) is 0 Å². The van der Waals surface area contributed by atoms with Gasteiger partial charge in [-0.2, -0.15) is 0 Å². The Labute approximate surface area is 134 Å². The number of amides is 2. The summed E-state index contributed by atoms with van der Waals surface area (Å²) >= 11 is 3.07. The molecule has 0 aliphatic carbocycles. The van der Waals surface area contributed by atoms with Crippen LogP contribution in [-0.2, 0) is 9.59 Å². The number of hydrogen-bond donors (Lipinski definition) is 1. The molecule has 0 spiro atoms. The van der Waals surface area contributed by atoms with Gasteiger partial charge in [0.1, 0.15) is 11.4 Å². The highest BCUT2D eigenvalue weighted by atomic mass is 79.9. The standard InChI is InChI=1S/C16H10BrFN2O2/c17-13-9-10(6-7-14(13)18)8-12-15(21)19-20(16(12)22)11-4-2-1-3-5-11/h1-9H,(H,19,21). The summed E-state index contributed by atoms with van der Waals surface area (Å²) in [4.78, 5) is 24.4. The molecule has 0 bridgehead atoms. The van der Waals surface area contributed by atoms with Gasteiger partial charge in [-0.1, -0.05) is 24.3 Å². The predicted octanol–water partition coefficient (Wildman–Crippen LogP) is 3.05. The fourth-order valence-corrected chi connectivity index (χ4v) is 2.48. The number of para-hydroxylation sites is 1. The summed E-state index contributed by atoms with van der Waals surface area (Å²) in [5.74, 6) is -1.35. The minimum Gasteiger partial charge on any atom is -0.267 e. The van der Waals surface area contributed by atoms with E-state index >= 15 is 0 Å². The summed E-state index contributed by atoms with van der Waals surface area (Å²) < 4.78 is 13.5. The number of carbonyl (C=O) groups excluding carboxylic acids is 2. The van der Waals surface area contributed by atoms with Crippen molar-refractivity contribution in [1.82, 2.24) is 5.43 Å². The number of rotatable bonds is 2. The third-order valence-electron chi connectivity index (χ3n) is 3.16. The van der Waals surface area contributed by atoms with E-state index in [1.165, 1.54) is 29.3 Å². The number of halogens is 2. The molecular weight excluding hydrogens is 351 g/mol. The minimum absolute atomic E-state index is 0.00219. The Kier molecular flexibility index (Phi) is 3.77. The lowest BCUT2D eigenvalue weighted by molar-refractivity contribution is -0.117. The molecule has 1 aliphatic rings. The van der Waals surface area contributed by atoms with Gasteiger partial charge in [-0.3, -0.25) is 15.0 Å². The second kappa shape index (κ2) is 5.73. The van der Waals surface area contributed by atoms with Crippen LogP contribution in [0.4, 0.5) is 10.1 Å². The number of nitrogens with one attached hydrogen (secondary N) is 1. The zero-order chi connectivity index (χ0) is 15.7. The average Bonchev–Trinajstić information content (AvgIpc) is 2.80. The topological polar surface area (TPSA) is 49.4 Å². The van der Waals surface area contributed by atoms with Crippen LogP contribution in [0.3, 0.4) is 0 Å². The molecule has 0 atom stereocenters. The van der Waals surface area contributed by atoms with E-state index in [4.69, 9.17) is 0 Å². The summed E-state index contributed by atoms with van der Waals surface area (Å²) in [6.07, 6.45) is 1.44. The first-order chi connectivity index (χ1) is 10.6. The van der Waals surface area contributed by atoms with E-state index in [1.54, 1.807) is 24.3 Å². The van der Waals surface area contributed by atoms with Crippen LogP contribution in [0.1, 0.15) is 5.56 Å². The van der Waals surface area contributed by atoms with Gasteiger partial charge in [0.25, 0.3) is 11.8 Å². The van der Waals surface area contributed by atoms with Crippen molar-refractivity contribution in [3.8, 4) is 0 Å². The lowest BCUT2D eigenvalue weighted by atomic mass is 10.1. The largest absolute Gasteiger partial charge is 0.282 e. The molecule has 0 radical (unpaired) electrons. The Bertz CT molecular complexity index is 790. The molecule has 0 saturated carbocycles. The monoisotopic (exact) mass is 360 g/mol. The number of carbonyl (C=O) groups is 2. The number of nitrogens with zero attached hydrogens (tertiary/aromatic N) is 1. The Morgan fingerprint density at radius 3 is 2.50 bits per heavy atom. The molecule has 4 nitrogen and oxygen atoms in total. The Morgan fingerprint density at radius 1 is 1.09 bits per heavy atom. The fourth-order valence-electron chi connectivity index (χ4n) is 2.09. The minimum atomic E-state index is -0.491. The molecule has 1 heterocycles. The maximum atomic E-state index is 13.2. The van der Waals surface area contributed by atoms with Crippen molar-refractivity contribution in [2.24, 2.45) is 0 Å². The van der Waals surface area contributed by atoms with E-state index in [0.717, 1.165) is 0 Å². The van der Waals surface area contributed by atoms with E-state index in [1.807, 2.05) is 6.07 Å². The summed E-state index contributed by atoms with van der Waals surface area (Å²) in [6, 6.07) is 13.1. The number of benzene rings is 2. The van der Waals surface area contributed by atoms with Crippen LogP contribution in [0.25, 0.3) is 6.08 Å². The Balaban J connectivity index is 1.94. The van der Waals surface area contributed by atoms with Crippen molar-refractivity contribution in [3.05, 3.63) is 70.0 Å². The van der Waals surface area contributed by atoms with E-state index in [9.17, 15) is 14.0 Å². The van der Waals surface area contributed by atoms with Gasteiger partial charge in [0.15, 0.2) is 0 Å². The van der Waals surface area contributed by atoms with Crippen molar-refractivity contribution in [2.75, 3.05) is 5.01 Å². The highest BCUT2D eigenvalue weighted by molar-refractivity contribution is 9.10. The lowest BCUT2D eigenvalue weighted by Gasteiger charge is -2.13. The molecular formula is C16H10BrFN2O2. The first-order valence-electron chi connectivity index (χ1n) is 6.43. The van der Waals surface area contributed by atoms with Crippen LogP contribution in [0.2, 0.25) is 0 Å². The van der Waals surface area contributed by atoms with Gasteiger partial charge in [-0.25, -0.2) is 9.40 Å². The van der Waals surface area contributed by atoms with Gasteiger partial charge in [-0.15, -0.1) is 0 Å². The molecule has 0 aromatic heterocycles. The number of hydrazine groups is 1. The van der Waals surface area contributed by atoms with E-state index < -0.39 is 17.6 Å². The fraction of sp³-hybridized carbons (Fsp3) is 0. The molecule has 110 valence electrons. The molecule has 2 amide bonds. The normalized spacial score (nSPS) is 16.3. The van der Waals surface area contributed by atoms with Crippen LogP contribution in [0.15, 0.2) is 58.6 Å². The first kappa shape index (κ1) is 14.5. The van der Waals surface area contributed by atoms with Crippen molar-refractivity contribution < 1.29 is 14.0 Å². The summed E-state index contributed by atoms with van der Waals surface area (Å²) in [5.41, 5.74) is 3.64. The van der Waals surface area contributed by atoms with Gasteiger partial charge < -0.3 is 0 Å². The van der Waals surface area contributed by atoms with Gasteiger partial charge in [0.2, 0.25) is 0 Å². The van der Waals surface area contributed by atoms with E-state index in [2.05, 4.69) is 21.4 Å². The predicted molar refractivity (Wildman–Crippen MR) is 84.1 cm³/mol. The molecule has 2 aromatic rings. The molecule has 1 fully saturated rings. The highest BCUT2D eigenvalue weighted by Crippen LogP contribution is 2.23. The van der Waals surface area contributed by atoms with Crippen molar-refractivity contribution in [1.29, 1.82) is 0 Å². The number of anilines is 1. The third-order valence-corrected chi connectivity index (χ3v) is 3.77. The Morgan fingerprint density at radius 2 is 1.82 bits per heavy atom. The van der Waals surface area contributed by atoms with E-state index in [0.29, 0.717) is 11.3 Å². The second-order valence-electron chi connectivity index (χ2n) is 4.65. The van der Waals surface area contributed by atoms with Crippen molar-refractivity contribution >= 4 is 39.5 Å². The molecule has 1 aliphatic heterocycles. The van der Waals surface area contributed by atoms with Crippen LogP contribution >= 0.6 is 15.9 Å². The van der Waals surface area contributed by atoms with Gasteiger partial charge in [0.05, 0.1) is 10.2 Å². The van der Waals surface area contributed by atoms with E-state index in [-0.39, 0.29) is 10.0 Å². The zero-order valence-electron chi connectivity index (χ0n) is 11.2.